The molecule has 2 rings (SSSR count). The van der Waals surface area contributed by atoms with Gasteiger partial charge in [0.2, 0.25) is 11.8 Å². The molecular formula is C16H22N2O2. The minimum atomic E-state index is -0.234. The minimum absolute atomic E-state index is 0.0124. The first-order valence-corrected chi connectivity index (χ1v) is 7.12. The van der Waals surface area contributed by atoms with E-state index in [1.807, 2.05) is 31.2 Å². The van der Waals surface area contributed by atoms with E-state index in [-0.39, 0.29) is 17.7 Å². The standard InChI is InChI=1S/C16H22N2O2/c1-11(2)9-17-16(20)13-8-15(19)18(10-13)14-6-4-12(3)5-7-14/h4-7,11,13H,8-10H2,1-3H3,(H,17,20)/t13-/m0/s1. The Kier molecular flexibility index (Phi) is 4.42. The molecule has 1 aromatic carbocycles. The summed E-state index contributed by atoms with van der Waals surface area (Å²) in [6, 6.07) is 7.83. The van der Waals surface area contributed by atoms with Gasteiger partial charge in [0.15, 0.2) is 0 Å². The fourth-order valence-electron chi connectivity index (χ4n) is 2.31. The van der Waals surface area contributed by atoms with E-state index < -0.39 is 0 Å². The molecule has 20 heavy (non-hydrogen) atoms. The monoisotopic (exact) mass is 274 g/mol. The van der Waals surface area contributed by atoms with E-state index in [1.165, 1.54) is 0 Å². The van der Waals surface area contributed by atoms with Crippen molar-refractivity contribution in [1.82, 2.24) is 5.32 Å². The van der Waals surface area contributed by atoms with Crippen LogP contribution in [0.2, 0.25) is 0 Å². The lowest BCUT2D eigenvalue weighted by Gasteiger charge is -2.17. The topological polar surface area (TPSA) is 49.4 Å². The highest BCUT2D eigenvalue weighted by molar-refractivity contribution is 6.00. The van der Waals surface area contributed by atoms with Crippen LogP contribution in [0, 0.1) is 18.8 Å². The van der Waals surface area contributed by atoms with Gasteiger partial charge in [-0.05, 0) is 25.0 Å². The van der Waals surface area contributed by atoms with Gasteiger partial charge in [-0.1, -0.05) is 31.5 Å². The first-order valence-electron chi connectivity index (χ1n) is 7.12. The highest BCUT2D eigenvalue weighted by Crippen LogP contribution is 2.25. The fourth-order valence-corrected chi connectivity index (χ4v) is 2.31. The van der Waals surface area contributed by atoms with E-state index in [1.54, 1.807) is 4.90 Å². The quantitative estimate of drug-likeness (QED) is 0.914. The second kappa shape index (κ2) is 6.07. The summed E-state index contributed by atoms with van der Waals surface area (Å²) in [4.78, 5) is 25.8. The predicted molar refractivity (Wildman–Crippen MR) is 79.5 cm³/mol. The maximum absolute atomic E-state index is 12.1. The molecule has 108 valence electrons. The molecule has 4 nitrogen and oxygen atoms in total. The lowest BCUT2D eigenvalue weighted by molar-refractivity contribution is -0.126. The Morgan fingerprint density at radius 3 is 2.60 bits per heavy atom. The number of benzene rings is 1. The summed E-state index contributed by atoms with van der Waals surface area (Å²) in [5, 5.41) is 2.91. The zero-order valence-electron chi connectivity index (χ0n) is 12.3. The first kappa shape index (κ1) is 14.6. The Morgan fingerprint density at radius 1 is 1.35 bits per heavy atom. The summed E-state index contributed by atoms with van der Waals surface area (Å²) in [7, 11) is 0. The van der Waals surface area contributed by atoms with Crippen molar-refractivity contribution in [2.24, 2.45) is 11.8 Å². The van der Waals surface area contributed by atoms with Crippen LogP contribution in [-0.2, 0) is 9.59 Å². The molecule has 0 aromatic heterocycles. The molecule has 1 fully saturated rings. The molecule has 0 spiro atoms. The number of carbonyl (C=O) groups excluding carboxylic acids is 2. The number of amides is 2. The highest BCUT2D eigenvalue weighted by Gasteiger charge is 2.34. The maximum Gasteiger partial charge on any atom is 0.227 e. The lowest BCUT2D eigenvalue weighted by atomic mass is 10.1. The Bertz CT molecular complexity index is 494. The van der Waals surface area contributed by atoms with Crippen LogP contribution >= 0.6 is 0 Å². The molecule has 0 unspecified atom stereocenters. The average Bonchev–Trinajstić information content (AvgIpc) is 2.79. The Morgan fingerprint density at radius 2 is 2.00 bits per heavy atom. The van der Waals surface area contributed by atoms with E-state index in [2.05, 4.69) is 19.2 Å². The number of anilines is 1. The maximum atomic E-state index is 12.1. The predicted octanol–water partition coefficient (Wildman–Crippen LogP) is 2.12. The molecule has 1 heterocycles. The highest BCUT2D eigenvalue weighted by atomic mass is 16.2. The Labute approximate surface area is 120 Å². The van der Waals surface area contributed by atoms with Crippen LogP contribution in [0.1, 0.15) is 25.8 Å². The number of hydrogen-bond donors (Lipinski definition) is 1. The number of nitrogens with one attached hydrogen (secondary N) is 1. The Hall–Kier alpha value is -1.84. The van der Waals surface area contributed by atoms with Crippen LogP contribution in [0.15, 0.2) is 24.3 Å². The van der Waals surface area contributed by atoms with Gasteiger partial charge in [-0.25, -0.2) is 0 Å². The summed E-state index contributed by atoms with van der Waals surface area (Å²) in [6.45, 7) is 7.26. The van der Waals surface area contributed by atoms with Crippen molar-refractivity contribution in [2.75, 3.05) is 18.0 Å². The van der Waals surface area contributed by atoms with Crippen LogP contribution in [-0.4, -0.2) is 24.9 Å². The molecule has 1 N–H and O–H groups in total. The molecule has 1 aliphatic heterocycles. The summed E-state index contributed by atoms with van der Waals surface area (Å²) >= 11 is 0. The molecule has 1 aliphatic rings. The number of rotatable bonds is 4. The van der Waals surface area contributed by atoms with Crippen LogP contribution in [0.4, 0.5) is 5.69 Å². The molecule has 4 heteroatoms. The van der Waals surface area contributed by atoms with Crippen LogP contribution in [0.3, 0.4) is 0 Å². The summed E-state index contributed by atoms with van der Waals surface area (Å²) < 4.78 is 0. The van der Waals surface area contributed by atoms with Crippen molar-refractivity contribution in [3.63, 3.8) is 0 Å². The number of nitrogens with zero attached hydrogens (tertiary/aromatic N) is 1. The number of hydrogen-bond acceptors (Lipinski definition) is 2. The smallest absolute Gasteiger partial charge is 0.227 e. The van der Waals surface area contributed by atoms with Crippen LogP contribution in [0.25, 0.3) is 0 Å². The third-order valence-corrected chi connectivity index (χ3v) is 3.53. The lowest BCUT2D eigenvalue weighted by Crippen LogP contribution is -2.34. The molecule has 0 bridgehead atoms. The van der Waals surface area contributed by atoms with Gasteiger partial charge >= 0.3 is 0 Å². The van der Waals surface area contributed by atoms with Crippen molar-refractivity contribution >= 4 is 17.5 Å². The molecular weight excluding hydrogens is 252 g/mol. The molecule has 2 amide bonds. The summed E-state index contributed by atoms with van der Waals surface area (Å²) in [5.41, 5.74) is 2.03. The van der Waals surface area contributed by atoms with Crippen molar-refractivity contribution in [2.45, 2.75) is 27.2 Å². The van der Waals surface area contributed by atoms with E-state index in [0.29, 0.717) is 25.4 Å². The van der Waals surface area contributed by atoms with Gasteiger partial charge in [0.25, 0.3) is 0 Å². The van der Waals surface area contributed by atoms with E-state index in [9.17, 15) is 9.59 Å². The van der Waals surface area contributed by atoms with E-state index in [0.717, 1.165) is 11.3 Å². The van der Waals surface area contributed by atoms with Gasteiger partial charge in [0.1, 0.15) is 0 Å². The Balaban J connectivity index is 2.00. The third kappa shape index (κ3) is 3.38. The molecule has 0 radical (unpaired) electrons. The molecule has 1 atom stereocenters. The van der Waals surface area contributed by atoms with Gasteiger partial charge in [0.05, 0.1) is 5.92 Å². The van der Waals surface area contributed by atoms with Gasteiger partial charge in [-0.15, -0.1) is 0 Å². The van der Waals surface area contributed by atoms with Gasteiger partial charge < -0.3 is 10.2 Å². The average molecular weight is 274 g/mol. The number of carbonyl (C=O) groups is 2. The SMILES string of the molecule is Cc1ccc(N2C[C@@H](C(=O)NCC(C)C)CC2=O)cc1. The van der Waals surface area contributed by atoms with Crippen molar-refractivity contribution in [1.29, 1.82) is 0 Å². The second-order valence-corrected chi connectivity index (χ2v) is 5.88. The molecule has 1 aromatic rings. The van der Waals surface area contributed by atoms with Crippen molar-refractivity contribution in [3.8, 4) is 0 Å². The van der Waals surface area contributed by atoms with E-state index >= 15 is 0 Å². The van der Waals surface area contributed by atoms with Crippen LogP contribution < -0.4 is 10.2 Å². The second-order valence-electron chi connectivity index (χ2n) is 5.88. The normalized spacial score (nSPS) is 18.7. The minimum Gasteiger partial charge on any atom is -0.356 e. The van der Waals surface area contributed by atoms with Crippen molar-refractivity contribution < 1.29 is 9.59 Å². The fraction of sp³-hybridized carbons (Fsp3) is 0.500. The molecule has 0 saturated carbocycles. The van der Waals surface area contributed by atoms with E-state index in [4.69, 9.17) is 0 Å². The van der Waals surface area contributed by atoms with Crippen molar-refractivity contribution in [3.05, 3.63) is 29.8 Å². The largest absolute Gasteiger partial charge is 0.356 e. The zero-order valence-corrected chi connectivity index (χ0v) is 12.3. The molecule has 0 aliphatic carbocycles. The van der Waals surface area contributed by atoms with Gasteiger partial charge in [0, 0.05) is 25.2 Å². The summed E-state index contributed by atoms with van der Waals surface area (Å²) in [6.07, 6.45) is 0.303. The van der Waals surface area contributed by atoms with Gasteiger partial charge in [-0.3, -0.25) is 9.59 Å². The number of aryl methyl sites for hydroxylation is 1. The first-order chi connectivity index (χ1) is 9.47. The molecule has 1 saturated heterocycles. The van der Waals surface area contributed by atoms with Gasteiger partial charge in [-0.2, -0.15) is 0 Å². The third-order valence-electron chi connectivity index (χ3n) is 3.53. The summed E-state index contributed by atoms with van der Waals surface area (Å²) in [5.74, 6) is 0.201. The van der Waals surface area contributed by atoms with Crippen LogP contribution in [0.5, 0.6) is 0 Å². The zero-order chi connectivity index (χ0) is 14.7.